The van der Waals surface area contributed by atoms with Gasteiger partial charge in [0.15, 0.2) is 5.96 Å². The fourth-order valence-corrected chi connectivity index (χ4v) is 2.82. The number of halogens is 1. The van der Waals surface area contributed by atoms with Crippen molar-refractivity contribution < 1.29 is 8.42 Å². The molecule has 0 saturated carbocycles. The summed E-state index contributed by atoms with van der Waals surface area (Å²) in [6.07, 6.45) is 3.22. The number of rotatable bonds is 6. The van der Waals surface area contributed by atoms with Gasteiger partial charge in [0.05, 0.1) is 18.8 Å². The van der Waals surface area contributed by atoms with Gasteiger partial charge in [-0.2, -0.15) is 0 Å². The van der Waals surface area contributed by atoms with Crippen LogP contribution in [0.5, 0.6) is 0 Å². The van der Waals surface area contributed by atoms with Crippen LogP contribution in [0.4, 0.5) is 0 Å². The van der Waals surface area contributed by atoms with E-state index in [1.165, 1.54) is 6.26 Å². The molecule has 1 heterocycles. The maximum atomic E-state index is 11.2. The fraction of sp³-hybridized carbons (Fsp3) is 0.615. The van der Waals surface area contributed by atoms with Crippen LogP contribution in [-0.4, -0.2) is 56.0 Å². The molecular formula is C13H23BrN4O2S. The Labute approximate surface area is 135 Å². The lowest BCUT2D eigenvalue weighted by Crippen LogP contribution is -2.39. The third-order valence-corrected chi connectivity index (χ3v) is 4.25. The molecule has 0 spiro atoms. The maximum absolute atomic E-state index is 11.2. The predicted octanol–water partition coefficient (Wildman–Crippen LogP) is 1.23. The third kappa shape index (κ3) is 6.52. The standard InChI is InChI=1S/C13H23BrN4O2S/c1-5-15-13(16-6-7-21(4,19)20)18(3)10-12-8-11(14)9-17(12)2/h8-9H,5-7,10H2,1-4H3,(H,15,16). The Morgan fingerprint density at radius 1 is 1.52 bits per heavy atom. The van der Waals surface area contributed by atoms with Gasteiger partial charge in [-0.15, -0.1) is 0 Å². The van der Waals surface area contributed by atoms with E-state index in [0.717, 1.165) is 16.7 Å². The molecule has 120 valence electrons. The van der Waals surface area contributed by atoms with E-state index in [0.29, 0.717) is 12.5 Å². The summed E-state index contributed by atoms with van der Waals surface area (Å²) in [4.78, 5) is 6.34. The minimum atomic E-state index is -2.99. The van der Waals surface area contributed by atoms with E-state index >= 15 is 0 Å². The molecule has 1 rings (SSSR count). The van der Waals surface area contributed by atoms with Crippen molar-refractivity contribution in [1.29, 1.82) is 0 Å². The zero-order valence-electron chi connectivity index (χ0n) is 12.9. The maximum Gasteiger partial charge on any atom is 0.194 e. The first-order valence-corrected chi connectivity index (χ1v) is 9.56. The summed E-state index contributed by atoms with van der Waals surface area (Å²) < 4.78 is 25.4. The van der Waals surface area contributed by atoms with Crippen LogP contribution in [0.15, 0.2) is 21.7 Å². The van der Waals surface area contributed by atoms with Gasteiger partial charge in [-0.05, 0) is 28.9 Å². The first-order chi connectivity index (χ1) is 9.73. The molecule has 0 saturated heterocycles. The van der Waals surface area contributed by atoms with E-state index in [1.807, 2.05) is 36.7 Å². The van der Waals surface area contributed by atoms with Crippen molar-refractivity contribution in [3.63, 3.8) is 0 Å². The lowest BCUT2D eigenvalue weighted by Gasteiger charge is -2.22. The summed E-state index contributed by atoms with van der Waals surface area (Å²) in [6, 6.07) is 2.05. The van der Waals surface area contributed by atoms with Gasteiger partial charge in [0.2, 0.25) is 0 Å². The second kappa shape index (κ2) is 7.84. The van der Waals surface area contributed by atoms with Crippen molar-refractivity contribution in [1.82, 2.24) is 14.8 Å². The Kier molecular flexibility index (Phi) is 6.73. The van der Waals surface area contributed by atoms with Crippen LogP contribution in [0.3, 0.4) is 0 Å². The number of hydrogen-bond donors (Lipinski definition) is 1. The molecule has 0 aliphatic carbocycles. The van der Waals surface area contributed by atoms with Crippen molar-refractivity contribution in [3.8, 4) is 0 Å². The van der Waals surface area contributed by atoms with E-state index in [-0.39, 0.29) is 12.3 Å². The van der Waals surface area contributed by atoms with E-state index in [2.05, 4.69) is 32.3 Å². The molecule has 0 bridgehead atoms. The van der Waals surface area contributed by atoms with Gasteiger partial charge >= 0.3 is 0 Å². The van der Waals surface area contributed by atoms with Gasteiger partial charge in [-0.25, -0.2) is 8.42 Å². The highest BCUT2D eigenvalue weighted by Crippen LogP contribution is 2.14. The lowest BCUT2D eigenvalue weighted by molar-refractivity contribution is 0.462. The molecule has 0 aromatic carbocycles. The monoisotopic (exact) mass is 378 g/mol. The van der Waals surface area contributed by atoms with Crippen molar-refractivity contribution in [2.75, 3.05) is 32.1 Å². The smallest absolute Gasteiger partial charge is 0.194 e. The first kappa shape index (κ1) is 18.0. The van der Waals surface area contributed by atoms with Crippen LogP contribution in [0.25, 0.3) is 0 Å². The average molecular weight is 379 g/mol. The Bertz CT molecular complexity index is 595. The van der Waals surface area contributed by atoms with Gasteiger partial charge < -0.3 is 14.8 Å². The highest BCUT2D eigenvalue weighted by Gasteiger charge is 2.10. The van der Waals surface area contributed by atoms with Gasteiger partial charge in [0, 0.05) is 43.3 Å². The second-order valence-corrected chi connectivity index (χ2v) is 8.16. The van der Waals surface area contributed by atoms with Gasteiger partial charge in [0.25, 0.3) is 0 Å². The largest absolute Gasteiger partial charge is 0.357 e. The summed E-state index contributed by atoms with van der Waals surface area (Å²) in [5.74, 6) is 0.768. The minimum Gasteiger partial charge on any atom is -0.357 e. The molecule has 8 heteroatoms. The normalized spacial score (nSPS) is 12.5. The van der Waals surface area contributed by atoms with Crippen molar-refractivity contribution in [3.05, 3.63) is 22.4 Å². The van der Waals surface area contributed by atoms with Crippen LogP contribution in [0, 0.1) is 0 Å². The Balaban J connectivity index is 2.74. The Hall–Kier alpha value is -1.02. The van der Waals surface area contributed by atoms with Gasteiger partial charge in [0.1, 0.15) is 9.84 Å². The van der Waals surface area contributed by atoms with Crippen LogP contribution in [-0.2, 0) is 23.4 Å². The van der Waals surface area contributed by atoms with Gasteiger partial charge in [-0.3, -0.25) is 4.99 Å². The molecule has 0 aliphatic rings. The number of sulfone groups is 1. The lowest BCUT2D eigenvalue weighted by atomic mass is 10.4. The molecule has 21 heavy (non-hydrogen) atoms. The molecule has 0 unspecified atom stereocenters. The van der Waals surface area contributed by atoms with Crippen molar-refractivity contribution in [2.45, 2.75) is 13.5 Å². The molecule has 0 atom stereocenters. The highest BCUT2D eigenvalue weighted by molar-refractivity contribution is 9.10. The summed E-state index contributed by atoms with van der Waals surface area (Å²) in [6.45, 7) is 3.67. The van der Waals surface area contributed by atoms with Gasteiger partial charge in [-0.1, -0.05) is 0 Å². The quantitative estimate of drug-likeness (QED) is 0.597. The summed E-state index contributed by atoms with van der Waals surface area (Å²) in [7, 11) is 0.935. The second-order valence-electron chi connectivity index (χ2n) is 4.98. The Morgan fingerprint density at radius 2 is 2.19 bits per heavy atom. The zero-order valence-corrected chi connectivity index (χ0v) is 15.3. The topological polar surface area (TPSA) is 66.7 Å². The Morgan fingerprint density at radius 3 is 2.67 bits per heavy atom. The molecule has 6 nitrogen and oxygen atoms in total. The van der Waals surface area contributed by atoms with Crippen LogP contribution < -0.4 is 5.32 Å². The highest BCUT2D eigenvalue weighted by atomic mass is 79.9. The first-order valence-electron chi connectivity index (χ1n) is 6.71. The molecule has 0 aliphatic heterocycles. The number of aromatic nitrogens is 1. The number of aliphatic imine (C=N–C) groups is 1. The van der Waals surface area contributed by atoms with E-state index in [4.69, 9.17) is 0 Å². The van der Waals surface area contributed by atoms with Crippen molar-refractivity contribution in [2.24, 2.45) is 12.0 Å². The molecule has 0 fully saturated rings. The van der Waals surface area contributed by atoms with E-state index in [9.17, 15) is 8.42 Å². The SMILES string of the molecule is CCNC(=NCCS(C)(=O)=O)N(C)Cc1cc(Br)cn1C. The minimum absolute atomic E-state index is 0.0609. The number of aryl methyl sites for hydroxylation is 1. The van der Waals surface area contributed by atoms with E-state index in [1.54, 1.807) is 0 Å². The summed E-state index contributed by atoms with van der Waals surface area (Å²) >= 11 is 3.45. The number of guanidine groups is 1. The summed E-state index contributed by atoms with van der Waals surface area (Å²) in [5, 5.41) is 3.18. The summed E-state index contributed by atoms with van der Waals surface area (Å²) in [5.41, 5.74) is 1.14. The van der Waals surface area contributed by atoms with Crippen molar-refractivity contribution >= 4 is 31.7 Å². The molecule has 0 amide bonds. The zero-order chi connectivity index (χ0) is 16.0. The fourth-order valence-electron chi connectivity index (χ4n) is 1.83. The van der Waals surface area contributed by atoms with Crippen LogP contribution in [0.2, 0.25) is 0 Å². The molecule has 1 N–H and O–H groups in total. The van der Waals surface area contributed by atoms with E-state index < -0.39 is 9.84 Å². The molecular weight excluding hydrogens is 356 g/mol. The molecule has 1 aromatic rings. The molecule has 0 radical (unpaired) electrons. The van der Waals surface area contributed by atoms with Crippen LogP contribution in [0.1, 0.15) is 12.6 Å². The number of hydrogen-bond acceptors (Lipinski definition) is 3. The van der Waals surface area contributed by atoms with Crippen LogP contribution >= 0.6 is 15.9 Å². The number of nitrogens with zero attached hydrogens (tertiary/aromatic N) is 3. The third-order valence-electron chi connectivity index (χ3n) is 2.89. The average Bonchev–Trinajstić information content (AvgIpc) is 2.65. The number of nitrogens with one attached hydrogen (secondary N) is 1. The molecule has 1 aromatic heterocycles. The predicted molar refractivity (Wildman–Crippen MR) is 90.3 cm³/mol.